The molecule has 86 valence electrons. The lowest BCUT2D eigenvalue weighted by molar-refractivity contribution is 0.150. The Labute approximate surface area is 98.8 Å². The van der Waals surface area contributed by atoms with E-state index >= 15 is 0 Å². The second kappa shape index (κ2) is 4.49. The molecule has 0 aliphatic rings. The molecular weight excluding hydrogens is 285 g/mol. The second-order valence-electron chi connectivity index (χ2n) is 2.55. The smallest absolute Gasteiger partial charge is 0.244 e. The zero-order chi connectivity index (χ0) is 12.5. The molecule has 0 saturated carbocycles. The largest absolute Gasteiger partial charge is 0.268 e. The van der Waals surface area contributed by atoms with Crippen LogP contribution in [0.3, 0.4) is 0 Å². The number of rotatable bonds is 2. The Morgan fingerprint density at radius 2 is 2.06 bits per heavy atom. The molecular formula is C7H2Cl2F2N2O2S. The van der Waals surface area contributed by atoms with Crippen LogP contribution < -0.4 is 0 Å². The van der Waals surface area contributed by atoms with Gasteiger partial charge >= 0.3 is 0 Å². The molecule has 0 bridgehead atoms. The van der Waals surface area contributed by atoms with Crippen LogP contribution in [0.25, 0.3) is 0 Å². The fourth-order valence-corrected chi connectivity index (χ4v) is 2.44. The van der Waals surface area contributed by atoms with Crippen molar-refractivity contribution in [2.45, 2.75) is 11.3 Å². The average Bonchev–Trinajstić information content (AvgIpc) is 2.14. The first kappa shape index (κ1) is 13.1. The highest BCUT2D eigenvalue weighted by molar-refractivity contribution is 8.13. The molecule has 0 saturated heterocycles. The van der Waals surface area contributed by atoms with E-state index in [1.165, 1.54) is 6.07 Å². The normalized spacial score (nSPS) is 11.5. The van der Waals surface area contributed by atoms with E-state index in [9.17, 15) is 17.2 Å². The van der Waals surface area contributed by atoms with Crippen molar-refractivity contribution in [1.82, 2.24) is 4.98 Å². The molecule has 0 fully saturated rings. The number of hydrogen-bond donors (Lipinski definition) is 0. The van der Waals surface area contributed by atoms with Crippen molar-refractivity contribution in [2.24, 2.45) is 0 Å². The van der Waals surface area contributed by atoms with Crippen LogP contribution in [0.2, 0.25) is 5.02 Å². The first-order valence-electron chi connectivity index (χ1n) is 3.60. The van der Waals surface area contributed by atoms with E-state index < -0.39 is 36.7 Å². The SMILES string of the molecule is N#Cc1ncc(S(=O)(=O)Cl)c(Cl)c1C(F)F. The van der Waals surface area contributed by atoms with Crippen LogP contribution in [-0.4, -0.2) is 13.4 Å². The predicted molar refractivity (Wildman–Crippen MR) is 52.0 cm³/mol. The van der Waals surface area contributed by atoms with Gasteiger partial charge in [-0.15, -0.1) is 0 Å². The van der Waals surface area contributed by atoms with Crippen molar-refractivity contribution in [1.29, 1.82) is 5.26 Å². The number of halogens is 4. The van der Waals surface area contributed by atoms with E-state index in [4.69, 9.17) is 27.5 Å². The summed E-state index contributed by atoms with van der Waals surface area (Å²) >= 11 is 5.44. The van der Waals surface area contributed by atoms with Crippen LogP contribution in [-0.2, 0) is 9.05 Å². The van der Waals surface area contributed by atoms with E-state index in [0.717, 1.165) is 0 Å². The van der Waals surface area contributed by atoms with Gasteiger partial charge in [0.25, 0.3) is 15.5 Å². The molecule has 1 rings (SSSR count). The molecule has 9 heteroatoms. The number of hydrogen-bond acceptors (Lipinski definition) is 4. The zero-order valence-corrected chi connectivity index (χ0v) is 9.61. The van der Waals surface area contributed by atoms with E-state index in [2.05, 4.69) is 4.98 Å². The van der Waals surface area contributed by atoms with E-state index in [0.29, 0.717) is 6.20 Å². The topological polar surface area (TPSA) is 70.8 Å². The number of pyridine rings is 1. The maximum Gasteiger partial charge on any atom is 0.268 e. The standard InChI is InChI=1S/C7H2Cl2F2N2O2S/c8-6-4(16(9,14)15)2-13-3(1-12)5(6)7(10)11/h2,7H. The third-order valence-corrected chi connectivity index (χ3v) is 3.46. The molecule has 4 nitrogen and oxygen atoms in total. The summed E-state index contributed by atoms with van der Waals surface area (Å²) in [6, 6.07) is 1.38. The highest BCUT2D eigenvalue weighted by Crippen LogP contribution is 2.34. The molecule has 0 amide bonds. The summed E-state index contributed by atoms with van der Waals surface area (Å²) in [6.07, 6.45) is -2.46. The van der Waals surface area contributed by atoms with Crippen molar-refractivity contribution in [2.75, 3.05) is 0 Å². The first-order chi connectivity index (χ1) is 7.29. The highest BCUT2D eigenvalue weighted by atomic mass is 35.7. The molecule has 0 atom stereocenters. The van der Waals surface area contributed by atoms with Crippen molar-refractivity contribution < 1.29 is 17.2 Å². The van der Waals surface area contributed by atoms with E-state index in [-0.39, 0.29) is 0 Å². The fourth-order valence-electron chi connectivity index (χ4n) is 0.944. The molecule has 0 radical (unpaired) electrons. The van der Waals surface area contributed by atoms with Gasteiger partial charge in [0, 0.05) is 16.9 Å². The van der Waals surface area contributed by atoms with Gasteiger partial charge in [0.1, 0.15) is 11.0 Å². The zero-order valence-electron chi connectivity index (χ0n) is 7.29. The molecule has 0 aliphatic carbocycles. The van der Waals surface area contributed by atoms with Gasteiger partial charge in [0.15, 0.2) is 5.69 Å². The van der Waals surface area contributed by atoms with Gasteiger partial charge in [0.2, 0.25) is 0 Å². The third kappa shape index (κ3) is 2.40. The molecule has 0 aliphatic heterocycles. The minimum Gasteiger partial charge on any atom is -0.244 e. The van der Waals surface area contributed by atoms with Crippen LogP contribution in [0, 0.1) is 11.3 Å². The minimum atomic E-state index is -4.28. The maximum absolute atomic E-state index is 12.5. The van der Waals surface area contributed by atoms with Crippen molar-refractivity contribution in [3.63, 3.8) is 0 Å². The van der Waals surface area contributed by atoms with Crippen molar-refractivity contribution in [3.05, 3.63) is 22.5 Å². The Hall–Kier alpha value is -0.970. The van der Waals surface area contributed by atoms with Crippen LogP contribution in [0.5, 0.6) is 0 Å². The summed E-state index contributed by atoms with van der Waals surface area (Å²) in [4.78, 5) is 2.51. The minimum absolute atomic E-state index is 0.635. The van der Waals surface area contributed by atoms with Gasteiger partial charge in [0.05, 0.1) is 10.6 Å². The van der Waals surface area contributed by atoms with E-state index in [1.54, 1.807) is 0 Å². The van der Waals surface area contributed by atoms with Crippen LogP contribution in [0.1, 0.15) is 17.7 Å². The quantitative estimate of drug-likeness (QED) is 0.783. The lowest BCUT2D eigenvalue weighted by atomic mass is 10.2. The molecule has 1 aromatic heterocycles. The Bertz CT molecular complexity index is 568. The Morgan fingerprint density at radius 3 is 2.44 bits per heavy atom. The molecule has 0 spiro atoms. The van der Waals surface area contributed by atoms with Crippen molar-refractivity contribution >= 4 is 31.3 Å². The van der Waals surface area contributed by atoms with Gasteiger partial charge in [-0.1, -0.05) is 11.6 Å². The van der Waals surface area contributed by atoms with Gasteiger partial charge in [-0.3, -0.25) is 0 Å². The Balaban J connectivity index is 3.65. The molecule has 16 heavy (non-hydrogen) atoms. The molecule has 0 aromatic carbocycles. The summed E-state index contributed by atoms with van der Waals surface area (Å²) < 4.78 is 46.9. The molecule has 1 heterocycles. The molecule has 0 N–H and O–H groups in total. The van der Waals surface area contributed by atoms with Crippen LogP contribution in [0.4, 0.5) is 8.78 Å². The second-order valence-corrected chi connectivity index (χ2v) is 5.46. The summed E-state index contributed by atoms with van der Waals surface area (Å²) in [5.41, 5.74) is -1.57. The summed E-state index contributed by atoms with van der Waals surface area (Å²) in [5, 5.41) is 7.72. The van der Waals surface area contributed by atoms with Gasteiger partial charge < -0.3 is 0 Å². The van der Waals surface area contributed by atoms with Crippen LogP contribution >= 0.6 is 22.3 Å². The molecule has 1 aromatic rings. The average molecular weight is 287 g/mol. The third-order valence-electron chi connectivity index (χ3n) is 1.61. The Kier molecular flexibility index (Phi) is 3.68. The predicted octanol–water partition coefficient (Wildman–Crippen LogP) is 2.47. The number of alkyl halides is 2. The van der Waals surface area contributed by atoms with Crippen molar-refractivity contribution in [3.8, 4) is 6.07 Å². The highest BCUT2D eigenvalue weighted by Gasteiger charge is 2.26. The lowest BCUT2D eigenvalue weighted by Gasteiger charge is -2.07. The monoisotopic (exact) mass is 286 g/mol. The first-order valence-corrected chi connectivity index (χ1v) is 6.29. The Morgan fingerprint density at radius 1 is 1.50 bits per heavy atom. The summed E-state index contributed by atoms with van der Waals surface area (Å²) in [7, 11) is 0.677. The maximum atomic E-state index is 12.5. The summed E-state index contributed by atoms with van der Waals surface area (Å²) in [5.74, 6) is 0. The number of aromatic nitrogens is 1. The lowest BCUT2D eigenvalue weighted by Crippen LogP contribution is -2.02. The summed E-state index contributed by atoms with van der Waals surface area (Å²) in [6.45, 7) is 0. The van der Waals surface area contributed by atoms with Crippen LogP contribution in [0.15, 0.2) is 11.1 Å². The van der Waals surface area contributed by atoms with E-state index in [1.807, 2.05) is 0 Å². The number of nitrogens with zero attached hydrogens (tertiary/aromatic N) is 2. The fraction of sp³-hybridized carbons (Fsp3) is 0.143. The van der Waals surface area contributed by atoms with Gasteiger partial charge in [-0.05, 0) is 0 Å². The number of nitriles is 1. The van der Waals surface area contributed by atoms with Gasteiger partial charge in [-0.2, -0.15) is 5.26 Å². The van der Waals surface area contributed by atoms with Gasteiger partial charge in [-0.25, -0.2) is 22.2 Å². The molecule has 0 unspecified atom stereocenters.